The van der Waals surface area contributed by atoms with Crippen molar-refractivity contribution >= 4 is 12.1 Å². The monoisotopic (exact) mass is 537 g/mol. The van der Waals surface area contributed by atoms with E-state index in [1.807, 2.05) is 9.80 Å². The summed E-state index contributed by atoms with van der Waals surface area (Å²) < 4.78 is 0. The van der Waals surface area contributed by atoms with Crippen molar-refractivity contribution in [1.29, 1.82) is 0 Å². The zero-order chi connectivity index (χ0) is 27.8. The van der Waals surface area contributed by atoms with Crippen LogP contribution < -0.4 is 11.5 Å². The predicted molar refractivity (Wildman–Crippen MR) is 162 cm³/mol. The Morgan fingerprint density at radius 3 is 1.03 bits per heavy atom. The molecule has 0 spiro atoms. The van der Waals surface area contributed by atoms with E-state index >= 15 is 0 Å². The minimum absolute atomic E-state index is 0.00423. The predicted octanol–water partition coefficient (Wildman–Crippen LogP) is 8.90. The minimum atomic E-state index is -0.346. The maximum absolute atomic E-state index is 12.5. The molecule has 4 N–H and O–H groups in total. The smallest absolute Gasteiger partial charge is 0.315 e. The summed E-state index contributed by atoms with van der Waals surface area (Å²) >= 11 is 0. The number of nitrogens with zero attached hydrogens (tertiary/aromatic N) is 2. The van der Waals surface area contributed by atoms with E-state index in [0.717, 1.165) is 51.4 Å². The number of carbonyl (C=O) groups excluding carboxylic acids is 2. The Labute approximate surface area is 236 Å². The van der Waals surface area contributed by atoms with Crippen LogP contribution in [0.25, 0.3) is 0 Å². The van der Waals surface area contributed by atoms with Crippen molar-refractivity contribution in [3.63, 3.8) is 0 Å². The van der Waals surface area contributed by atoms with Gasteiger partial charge in [-0.1, -0.05) is 142 Å². The van der Waals surface area contributed by atoms with Crippen LogP contribution in [0.15, 0.2) is 0 Å². The van der Waals surface area contributed by atoms with E-state index in [1.165, 1.54) is 103 Å². The van der Waals surface area contributed by atoms with Crippen molar-refractivity contribution in [3.8, 4) is 0 Å². The molecular formula is C32H64N4O2. The average molecular weight is 537 g/mol. The number of hydrogen-bond donors (Lipinski definition) is 2. The van der Waals surface area contributed by atoms with E-state index in [9.17, 15) is 9.59 Å². The molecule has 1 aliphatic carbocycles. The molecule has 0 aromatic heterocycles. The molecule has 0 radical (unpaired) electrons. The second-order valence-electron chi connectivity index (χ2n) is 11.8. The first-order valence-electron chi connectivity index (χ1n) is 16.6. The number of unbranched alkanes of at least 4 members (excludes halogenated alkanes) is 18. The number of hydrogen-bond acceptors (Lipinski definition) is 2. The molecule has 38 heavy (non-hydrogen) atoms. The summed E-state index contributed by atoms with van der Waals surface area (Å²) in [7, 11) is 0. The molecule has 0 aromatic carbocycles. The Morgan fingerprint density at radius 2 is 0.763 bits per heavy atom. The number of nitrogens with two attached hydrogens (primary N) is 2. The fraction of sp³-hybridized carbons (Fsp3) is 0.938. The van der Waals surface area contributed by atoms with Gasteiger partial charge in [0.2, 0.25) is 0 Å². The van der Waals surface area contributed by atoms with Gasteiger partial charge < -0.3 is 21.3 Å². The van der Waals surface area contributed by atoms with Gasteiger partial charge in [0.05, 0.1) is 12.1 Å². The molecule has 0 unspecified atom stereocenters. The van der Waals surface area contributed by atoms with Gasteiger partial charge in [0.15, 0.2) is 0 Å². The highest BCUT2D eigenvalue weighted by Crippen LogP contribution is 2.28. The summed E-state index contributed by atoms with van der Waals surface area (Å²) in [6.07, 6.45) is 29.3. The molecule has 0 bridgehead atoms. The van der Waals surface area contributed by atoms with E-state index in [2.05, 4.69) is 13.8 Å². The largest absolute Gasteiger partial charge is 0.351 e. The summed E-state index contributed by atoms with van der Waals surface area (Å²) in [4.78, 5) is 28.7. The maximum Gasteiger partial charge on any atom is 0.315 e. The van der Waals surface area contributed by atoms with E-state index in [-0.39, 0.29) is 24.1 Å². The summed E-state index contributed by atoms with van der Waals surface area (Å²) in [6, 6.07) is -0.701. The van der Waals surface area contributed by atoms with Gasteiger partial charge in [-0.05, 0) is 25.7 Å². The third kappa shape index (κ3) is 15.8. The highest BCUT2D eigenvalue weighted by molar-refractivity contribution is 5.74. The standard InChI is InChI=1S/C32H64N4O2/c1-3-5-7-9-11-13-15-17-19-23-27-35(31(33)37)29-25-21-22-26-30(29)36(32(34)38)28-24-20-18-16-14-12-10-8-6-4-2/h29-30H,3-28H2,1-2H3,(H2,33,37)(H2,34,38)/t29-,30-/m1/s1. The van der Waals surface area contributed by atoms with Crippen molar-refractivity contribution in [3.05, 3.63) is 0 Å². The topological polar surface area (TPSA) is 92.7 Å². The lowest BCUT2D eigenvalue weighted by Gasteiger charge is -2.44. The minimum Gasteiger partial charge on any atom is -0.351 e. The molecule has 1 rings (SSSR count). The molecule has 6 heteroatoms. The van der Waals surface area contributed by atoms with E-state index in [0.29, 0.717) is 13.1 Å². The Hall–Kier alpha value is -1.46. The van der Waals surface area contributed by atoms with Crippen LogP contribution in [0.2, 0.25) is 0 Å². The lowest BCUT2D eigenvalue weighted by molar-refractivity contribution is 0.0831. The van der Waals surface area contributed by atoms with Crippen LogP contribution in [0.1, 0.15) is 168 Å². The van der Waals surface area contributed by atoms with Crippen molar-refractivity contribution in [1.82, 2.24) is 9.80 Å². The quantitative estimate of drug-likeness (QED) is 0.120. The molecule has 1 fully saturated rings. The van der Waals surface area contributed by atoms with Gasteiger partial charge in [0.25, 0.3) is 0 Å². The second kappa shape index (κ2) is 23.4. The van der Waals surface area contributed by atoms with Gasteiger partial charge >= 0.3 is 12.1 Å². The first-order valence-corrected chi connectivity index (χ1v) is 16.6. The SMILES string of the molecule is CCCCCCCCCCCCN(C(N)=O)[C@@H]1CCCC[C@H]1N(CCCCCCCCCCCC)C(N)=O. The number of primary amides is 2. The number of urea groups is 2. The van der Waals surface area contributed by atoms with E-state index < -0.39 is 0 Å². The van der Waals surface area contributed by atoms with Crippen LogP contribution in [-0.4, -0.2) is 47.0 Å². The summed E-state index contributed by atoms with van der Waals surface area (Å²) in [5.41, 5.74) is 11.8. The summed E-state index contributed by atoms with van der Waals surface area (Å²) in [5.74, 6) is 0. The molecule has 0 heterocycles. The fourth-order valence-electron chi connectivity index (χ4n) is 6.24. The molecule has 6 nitrogen and oxygen atoms in total. The fourth-order valence-corrected chi connectivity index (χ4v) is 6.24. The molecule has 0 saturated heterocycles. The van der Waals surface area contributed by atoms with Crippen LogP contribution in [0.4, 0.5) is 9.59 Å². The van der Waals surface area contributed by atoms with Crippen molar-refractivity contribution in [2.45, 2.75) is 180 Å². The van der Waals surface area contributed by atoms with E-state index in [1.54, 1.807) is 0 Å². The Balaban J connectivity index is 2.42. The highest BCUT2D eigenvalue weighted by atomic mass is 16.2. The zero-order valence-electron chi connectivity index (χ0n) is 25.4. The molecule has 0 aliphatic heterocycles. The average Bonchev–Trinajstić information content (AvgIpc) is 2.90. The molecule has 2 atom stereocenters. The highest BCUT2D eigenvalue weighted by Gasteiger charge is 2.36. The van der Waals surface area contributed by atoms with Crippen LogP contribution in [-0.2, 0) is 0 Å². The third-order valence-electron chi connectivity index (χ3n) is 8.57. The molecular weight excluding hydrogens is 472 g/mol. The maximum atomic E-state index is 12.5. The van der Waals surface area contributed by atoms with Gasteiger partial charge in [0, 0.05) is 13.1 Å². The van der Waals surface area contributed by atoms with Gasteiger partial charge in [-0.2, -0.15) is 0 Å². The van der Waals surface area contributed by atoms with Crippen molar-refractivity contribution < 1.29 is 9.59 Å². The molecule has 1 saturated carbocycles. The van der Waals surface area contributed by atoms with Crippen molar-refractivity contribution in [2.75, 3.05) is 13.1 Å². The molecule has 1 aliphatic rings. The van der Waals surface area contributed by atoms with Crippen LogP contribution in [0, 0.1) is 0 Å². The van der Waals surface area contributed by atoms with Gasteiger partial charge in [-0.25, -0.2) is 9.59 Å². The summed E-state index contributed by atoms with van der Waals surface area (Å²) in [6.45, 7) is 5.90. The number of amides is 4. The normalized spacial score (nSPS) is 17.4. The van der Waals surface area contributed by atoms with Crippen LogP contribution in [0.3, 0.4) is 0 Å². The van der Waals surface area contributed by atoms with Gasteiger partial charge in [-0.3, -0.25) is 0 Å². The Kier molecular flexibility index (Phi) is 21.3. The second-order valence-corrected chi connectivity index (χ2v) is 11.8. The summed E-state index contributed by atoms with van der Waals surface area (Å²) in [5, 5.41) is 0. The molecule has 0 aromatic rings. The lowest BCUT2D eigenvalue weighted by atomic mass is 9.87. The lowest BCUT2D eigenvalue weighted by Crippen LogP contribution is -2.59. The first-order chi connectivity index (χ1) is 18.5. The number of rotatable bonds is 24. The zero-order valence-corrected chi connectivity index (χ0v) is 25.4. The van der Waals surface area contributed by atoms with E-state index in [4.69, 9.17) is 11.5 Å². The van der Waals surface area contributed by atoms with Crippen LogP contribution in [0.5, 0.6) is 0 Å². The van der Waals surface area contributed by atoms with Crippen molar-refractivity contribution in [2.24, 2.45) is 11.5 Å². The Morgan fingerprint density at radius 1 is 0.500 bits per heavy atom. The number of carbonyl (C=O) groups is 2. The molecule has 4 amide bonds. The first kappa shape index (κ1) is 34.6. The third-order valence-corrected chi connectivity index (χ3v) is 8.57. The molecule has 224 valence electrons. The Bertz CT molecular complexity index is 536. The van der Waals surface area contributed by atoms with Gasteiger partial charge in [-0.15, -0.1) is 0 Å². The van der Waals surface area contributed by atoms with Crippen LogP contribution >= 0.6 is 0 Å². The van der Waals surface area contributed by atoms with Gasteiger partial charge in [0.1, 0.15) is 0 Å².